The lowest BCUT2D eigenvalue weighted by molar-refractivity contribution is -0.384. The molecule has 404 valence electrons. The zero-order valence-corrected chi connectivity index (χ0v) is 44.4. The second-order valence-electron chi connectivity index (χ2n) is 23.1. The summed E-state index contributed by atoms with van der Waals surface area (Å²) in [6.45, 7) is 11.6. The van der Waals surface area contributed by atoms with Gasteiger partial charge in [0.2, 0.25) is 5.88 Å². The summed E-state index contributed by atoms with van der Waals surface area (Å²) in [5.41, 5.74) is 4.96. The Kier molecular flexibility index (Phi) is 13.8. The Balaban J connectivity index is 0.812. The highest BCUT2D eigenvalue weighted by molar-refractivity contribution is 7.90. The van der Waals surface area contributed by atoms with Crippen LogP contribution in [0.1, 0.15) is 105 Å². The number of nitrogens with one attached hydrogen (secondary N) is 3. The molecule has 76 heavy (non-hydrogen) atoms. The van der Waals surface area contributed by atoms with Gasteiger partial charge in [0.15, 0.2) is 0 Å². The highest BCUT2D eigenvalue weighted by Crippen LogP contribution is 2.54. The molecule has 2 saturated carbocycles. The van der Waals surface area contributed by atoms with Gasteiger partial charge in [-0.3, -0.25) is 24.7 Å². The van der Waals surface area contributed by atoms with E-state index < -0.39 is 43.1 Å². The maximum absolute atomic E-state index is 14.8. The van der Waals surface area contributed by atoms with Gasteiger partial charge in [-0.15, -0.1) is 0 Å². The third-order valence-corrected chi connectivity index (χ3v) is 19.6. The van der Waals surface area contributed by atoms with E-state index in [9.17, 15) is 28.4 Å². The summed E-state index contributed by atoms with van der Waals surface area (Å²) in [5, 5.41) is 26.8. The van der Waals surface area contributed by atoms with Crippen LogP contribution in [-0.2, 0) is 19.5 Å². The Morgan fingerprint density at radius 3 is 2.46 bits per heavy atom. The van der Waals surface area contributed by atoms with Crippen LogP contribution >= 0.6 is 0 Å². The first-order valence-corrected chi connectivity index (χ1v) is 29.0. The molecule has 0 unspecified atom stereocenters. The molecule has 0 bridgehead atoms. The molecule has 5 aromatic rings. The molecule has 2 aromatic heterocycles. The molecule has 7 heterocycles. The summed E-state index contributed by atoms with van der Waals surface area (Å²) in [5.74, 6) is -0.304. The Hall–Kier alpha value is -5.83. The van der Waals surface area contributed by atoms with E-state index in [1.165, 1.54) is 42.5 Å². The Labute approximate surface area is 444 Å². The van der Waals surface area contributed by atoms with Crippen LogP contribution in [0.25, 0.3) is 11.0 Å². The van der Waals surface area contributed by atoms with Crippen LogP contribution in [0.15, 0.2) is 83.9 Å². The fourth-order valence-electron chi connectivity index (χ4n) is 13.8. The molecular weight excluding hydrogens is 987 g/mol. The number of benzene rings is 3. The van der Waals surface area contributed by atoms with E-state index in [1.54, 1.807) is 6.07 Å². The molecule has 2 aliphatic carbocycles. The molecular formula is C57H71N9O9S. The summed E-state index contributed by atoms with van der Waals surface area (Å²) in [4.78, 5) is 44.2. The topological polar surface area (TPSA) is 208 Å². The molecule has 4 atom stereocenters. The average molecular weight is 1060 g/mol. The van der Waals surface area contributed by atoms with Gasteiger partial charge in [0, 0.05) is 87.3 Å². The number of aromatic amines is 1. The van der Waals surface area contributed by atoms with Crippen molar-refractivity contribution in [1.82, 2.24) is 24.5 Å². The predicted octanol–water partition coefficient (Wildman–Crippen LogP) is 8.23. The fourth-order valence-corrected chi connectivity index (χ4v) is 14.8. The number of anilines is 4. The summed E-state index contributed by atoms with van der Waals surface area (Å²) in [7, 11) is -4.63. The number of nitro groups is 1. The van der Waals surface area contributed by atoms with Gasteiger partial charge in [-0.2, -0.15) is 4.98 Å². The van der Waals surface area contributed by atoms with Gasteiger partial charge in [-0.1, -0.05) is 24.3 Å². The molecule has 3 aromatic carbocycles. The molecule has 1 amide bonds. The lowest BCUT2D eigenvalue weighted by atomic mass is 9.59. The van der Waals surface area contributed by atoms with Gasteiger partial charge in [0.05, 0.1) is 52.5 Å². The number of pyridine rings is 1. The first-order valence-electron chi connectivity index (χ1n) is 27.6. The number of morpholine rings is 1. The van der Waals surface area contributed by atoms with Crippen molar-refractivity contribution in [3.63, 3.8) is 0 Å². The van der Waals surface area contributed by atoms with Gasteiger partial charge in [0.25, 0.3) is 21.6 Å². The first kappa shape index (κ1) is 51.0. The number of carbonyl (C=O) groups excluding carboxylic acids is 1. The van der Waals surface area contributed by atoms with E-state index in [2.05, 4.69) is 65.8 Å². The number of carbonyl (C=O) groups is 1. The van der Waals surface area contributed by atoms with Crippen LogP contribution in [0.4, 0.5) is 28.4 Å². The van der Waals surface area contributed by atoms with E-state index >= 15 is 0 Å². The smallest absolute Gasteiger partial charge is 0.293 e. The molecule has 4 N–H and O–H groups in total. The molecule has 5 aliphatic heterocycles. The number of hydrogen-bond donors (Lipinski definition) is 4. The second kappa shape index (κ2) is 20.5. The van der Waals surface area contributed by atoms with Crippen LogP contribution in [0.3, 0.4) is 0 Å². The summed E-state index contributed by atoms with van der Waals surface area (Å²) in [6, 6.07) is 23.3. The lowest BCUT2D eigenvalue weighted by Gasteiger charge is -2.59. The number of aryl methyl sites for hydroxylation is 1. The average Bonchev–Trinajstić information content (AvgIpc) is 4.01. The minimum absolute atomic E-state index is 0.120. The summed E-state index contributed by atoms with van der Waals surface area (Å²) in [6.07, 6.45) is 11.5. The van der Waals surface area contributed by atoms with Crippen LogP contribution in [0.2, 0.25) is 0 Å². The number of rotatable bonds is 12. The van der Waals surface area contributed by atoms with Crippen molar-refractivity contribution in [3.8, 4) is 5.88 Å². The number of nitrogens with zero attached hydrogens (tertiary/aromatic N) is 6. The molecule has 18 nitrogen and oxygen atoms in total. The quantitative estimate of drug-likeness (QED) is 0.0686. The van der Waals surface area contributed by atoms with E-state index in [0.29, 0.717) is 80.0 Å². The number of amides is 1. The SMILES string of the molecule is Cc1ccccc1[C@@H]1CC[C@H](N2CCOCC2)CN1C1CC2(CCN(c3ccc(C(=O)NS(=O)(=O)c4ccc(NCC5CCC(C)(O)CC5)c([N+](=O)[O-])c4)c(N4c5cc6cc[nH]c6nc5O[C@H]5COCC[C@@H]54)c3)CC2)C1. The number of nitro benzene ring substituents is 1. The van der Waals surface area contributed by atoms with E-state index in [0.717, 1.165) is 95.2 Å². The van der Waals surface area contributed by atoms with Gasteiger partial charge >= 0.3 is 0 Å². The van der Waals surface area contributed by atoms with Gasteiger partial charge in [-0.25, -0.2) is 13.1 Å². The third-order valence-electron chi connectivity index (χ3n) is 18.3. The molecule has 6 fully saturated rings. The Bertz CT molecular complexity index is 3080. The Morgan fingerprint density at radius 2 is 1.68 bits per heavy atom. The van der Waals surface area contributed by atoms with Crippen molar-refractivity contribution >= 4 is 55.4 Å². The standard InChI is InChI=1S/C57H71N9O9S/c1-37-5-3-4-6-44(37)47-12-8-41(63-24-27-73-28-25-63)35-64(47)42-32-57(33-42)19-22-62(23-20-57)40-7-10-45(49(30-40)65-48-16-26-74-36-52(48)75-55-51(65)29-39-15-21-58-53(39)60-55)54(67)61-76(71,72)43-9-11-46(50(31-43)66(69)70)59-34-38-13-17-56(2,68)18-14-38/h3-7,9-11,15,21,29-31,38,41-42,47-48,52,59,68H,8,12-14,16-20,22-28,32-36H2,1-2H3,(H,58,60)(H,61,67)/t38?,41-,47-,48-,52-,56?/m0/s1. The molecule has 4 saturated heterocycles. The number of aromatic nitrogens is 2. The van der Waals surface area contributed by atoms with Crippen molar-refractivity contribution in [3.05, 3.63) is 106 Å². The van der Waals surface area contributed by atoms with Gasteiger partial charge in [-0.05, 0) is 149 Å². The number of hydrogen-bond acceptors (Lipinski definition) is 15. The largest absolute Gasteiger partial charge is 0.468 e. The second-order valence-corrected chi connectivity index (χ2v) is 24.8. The normalized spacial score (nSPS) is 27.3. The molecule has 1 spiro atoms. The van der Waals surface area contributed by atoms with Crippen molar-refractivity contribution < 1.29 is 37.5 Å². The van der Waals surface area contributed by atoms with Crippen LogP contribution in [0, 0.1) is 28.4 Å². The Morgan fingerprint density at radius 1 is 0.895 bits per heavy atom. The van der Waals surface area contributed by atoms with Crippen LogP contribution < -0.4 is 24.6 Å². The van der Waals surface area contributed by atoms with E-state index in [4.69, 9.17) is 19.2 Å². The van der Waals surface area contributed by atoms with E-state index in [-0.39, 0.29) is 28.6 Å². The molecule has 12 rings (SSSR count). The minimum Gasteiger partial charge on any atom is -0.468 e. The fraction of sp³-hybridized carbons (Fsp3) is 0.544. The van der Waals surface area contributed by atoms with Crippen LogP contribution in [-0.4, -0.2) is 140 Å². The number of sulfonamides is 1. The highest BCUT2D eigenvalue weighted by Gasteiger charge is 2.51. The molecule has 0 radical (unpaired) electrons. The number of H-pyrrole nitrogens is 1. The number of aliphatic hydroxyl groups is 1. The van der Waals surface area contributed by atoms with E-state index in [1.807, 2.05) is 37.4 Å². The molecule has 7 aliphatic rings. The number of fused-ring (bicyclic) bond motifs is 3. The molecule has 19 heteroatoms. The summed E-state index contributed by atoms with van der Waals surface area (Å²) >= 11 is 0. The van der Waals surface area contributed by atoms with Crippen molar-refractivity contribution in [2.45, 2.75) is 125 Å². The van der Waals surface area contributed by atoms with Crippen molar-refractivity contribution in [1.29, 1.82) is 0 Å². The third kappa shape index (κ3) is 10.0. The number of ether oxygens (including phenoxy) is 3. The summed E-state index contributed by atoms with van der Waals surface area (Å²) < 4.78 is 49.0. The van der Waals surface area contributed by atoms with Gasteiger partial charge < -0.3 is 39.4 Å². The predicted molar refractivity (Wildman–Crippen MR) is 290 cm³/mol. The minimum atomic E-state index is -4.63. The zero-order valence-electron chi connectivity index (χ0n) is 43.6. The van der Waals surface area contributed by atoms with Gasteiger partial charge in [0.1, 0.15) is 23.1 Å². The lowest BCUT2D eigenvalue weighted by Crippen LogP contribution is -2.60. The highest BCUT2D eigenvalue weighted by atomic mass is 32.2. The first-order chi connectivity index (χ1) is 36.7. The number of likely N-dealkylation sites (tertiary alicyclic amines) is 1. The van der Waals surface area contributed by atoms with Crippen molar-refractivity contribution in [2.24, 2.45) is 11.3 Å². The monoisotopic (exact) mass is 1060 g/mol. The van der Waals surface area contributed by atoms with Crippen molar-refractivity contribution in [2.75, 3.05) is 80.8 Å². The maximum Gasteiger partial charge on any atom is 0.293 e. The maximum atomic E-state index is 14.8. The number of piperidine rings is 2. The zero-order chi connectivity index (χ0) is 52.3. The van der Waals surface area contributed by atoms with Crippen LogP contribution in [0.5, 0.6) is 5.88 Å².